The van der Waals surface area contributed by atoms with E-state index in [0.717, 1.165) is 0 Å². The third kappa shape index (κ3) is 3.39. The summed E-state index contributed by atoms with van der Waals surface area (Å²) in [5.74, 6) is -1.02. The molecule has 0 saturated heterocycles. The smallest absolute Gasteiger partial charge is 0.305 e. The fraction of sp³-hybridized carbons (Fsp3) is 0.364. The van der Waals surface area contributed by atoms with Crippen LogP contribution >= 0.6 is 0 Å². The van der Waals surface area contributed by atoms with E-state index >= 15 is 0 Å². The lowest BCUT2D eigenvalue weighted by molar-refractivity contribution is -0.137. The standard InChI is InChI=1S/C11H13F2NO3/c1-17-9-3-2-6(4-7(9)11(12)13)8(14)5-10(15)16/h2-4,8,11H,5,14H2,1H3,(H,15,16). The molecule has 4 nitrogen and oxygen atoms in total. The van der Waals surface area contributed by atoms with E-state index < -0.39 is 18.4 Å². The number of alkyl halides is 2. The Morgan fingerprint density at radius 2 is 2.18 bits per heavy atom. The van der Waals surface area contributed by atoms with Crippen molar-refractivity contribution in [2.75, 3.05) is 7.11 Å². The highest BCUT2D eigenvalue weighted by Gasteiger charge is 2.17. The molecule has 0 aliphatic heterocycles. The van der Waals surface area contributed by atoms with E-state index in [-0.39, 0.29) is 17.7 Å². The zero-order valence-corrected chi connectivity index (χ0v) is 9.19. The minimum atomic E-state index is -2.69. The molecule has 3 N–H and O–H groups in total. The summed E-state index contributed by atoms with van der Waals surface area (Å²) < 4.78 is 30.2. The summed E-state index contributed by atoms with van der Waals surface area (Å²) in [6, 6.07) is 3.21. The monoisotopic (exact) mass is 245 g/mol. The van der Waals surface area contributed by atoms with Gasteiger partial charge in [-0.3, -0.25) is 4.79 Å². The molecule has 1 unspecified atom stereocenters. The molecule has 0 aliphatic carbocycles. The number of aliphatic carboxylic acids is 1. The molecular formula is C11H13F2NO3. The predicted molar refractivity (Wildman–Crippen MR) is 57.1 cm³/mol. The quantitative estimate of drug-likeness (QED) is 0.833. The van der Waals surface area contributed by atoms with Gasteiger partial charge in [0.05, 0.1) is 19.1 Å². The third-order valence-electron chi connectivity index (χ3n) is 2.31. The van der Waals surface area contributed by atoms with Crippen molar-refractivity contribution in [2.24, 2.45) is 5.73 Å². The highest BCUT2D eigenvalue weighted by Crippen LogP contribution is 2.31. The van der Waals surface area contributed by atoms with Crippen LogP contribution < -0.4 is 10.5 Å². The topological polar surface area (TPSA) is 72.5 Å². The average molecular weight is 245 g/mol. The van der Waals surface area contributed by atoms with E-state index in [0.29, 0.717) is 5.56 Å². The van der Waals surface area contributed by atoms with Gasteiger partial charge in [-0.15, -0.1) is 0 Å². The molecule has 1 rings (SSSR count). The fourth-order valence-corrected chi connectivity index (χ4v) is 1.46. The lowest BCUT2D eigenvalue weighted by Crippen LogP contribution is -2.15. The van der Waals surface area contributed by atoms with Gasteiger partial charge in [-0.25, -0.2) is 8.78 Å². The zero-order valence-electron chi connectivity index (χ0n) is 9.19. The van der Waals surface area contributed by atoms with Crippen molar-refractivity contribution >= 4 is 5.97 Å². The van der Waals surface area contributed by atoms with Gasteiger partial charge >= 0.3 is 5.97 Å². The van der Waals surface area contributed by atoms with Gasteiger partial charge in [0, 0.05) is 6.04 Å². The summed E-state index contributed by atoms with van der Waals surface area (Å²) in [5, 5.41) is 8.57. The largest absolute Gasteiger partial charge is 0.496 e. The van der Waals surface area contributed by atoms with Crippen LogP contribution in [0.2, 0.25) is 0 Å². The summed E-state index contributed by atoms with van der Waals surface area (Å²) in [6.07, 6.45) is -3.00. The van der Waals surface area contributed by atoms with Crippen molar-refractivity contribution in [2.45, 2.75) is 18.9 Å². The van der Waals surface area contributed by atoms with Crippen molar-refractivity contribution in [3.05, 3.63) is 29.3 Å². The lowest BCUT2D eigenvalue weighted by Gasteiger charge is -2.13. The Kier molecular flexibility index (Phi) is 4.39. The molecule has 94 valence electrons. The highest BCUT2D eigenvalue weighted by atomic mass is 19.3. The number of methoxy groups -OCH3 is 1. The summed E-state index contributed by atoms with van der Waals surface area (Å²) in [5.41, 5.74) is 5.65. The van der Waals surface area contributed by atoms with Gasteiger partial charge in [-0.05, 0) is 17.7 Å². The Morgan fingerprint density at radius 3 is 2.65 bits per heavy atom. The van der Waals surface area contributed by atoms with Crippen LogP contribution in [0.5, 0.6) is 5.75 Å². The Bertz CT molecular complexity index is 410. The highest BCUT2D eigenvalue weighted by molar-refractivity contribution is 5.68. The first-order valence-electron chi connectivity index (χ1n) is 4.89. The molecular weight excluding hydrogens is 232 g/mol. The minimum absolute atomic E-state index is 0.0614. The van der Waals surface area contributed by atoms with Crippen molar-refractivity contribution in [3.8, 4) is 5.75 Å². The number of rotatable bonds is 5. The van der Waals surface area contributed by atoms with Gasteiger partial charge in [0.2, 0.25) is 0 Å². The van der Waals surface area contributed by atoms with Gasteiger partial charge in [-0.1, -0.05) is 6.07 Å². The second-order valence-corrected chi connectivity index (χ2v) is 3.51. The lowest BCUT2D eigenvalue weighted by atomic mass is 10.0. The number of carboxylic acid groups (broad SMARTS) is 1. The number of carbonyl (C=O) groups is 1. The summed E-state index contributed by atoms with van der Waals surface area (Å²) in [4.78, 5) is 10.5. The average Bonchev–Trinajstić information content (AvgIpc) is 2.27. The van der Waals surface area contributed by atoms with E-state index in [1.165, 1.54) is 25.3 Å². The number of hydrogen-bond acceptors (Lipinski definition) is 3. The molecule has 6 heteroatoms. The Hall–Kier alpha value is -1.69. The van der Waals surface area contributed by atoms with E-state index in [2.05, 4.69) is 0 Å². The number of benzene rings is 1. The molecule has 1 aromatic carbocycles. The normalized spacial score (nSPS) is 12.5. The second kappa shape index (κ2) is 5.58. The first kappa shape index (κ1) is 13.4. The second-order valence-electron chi connectivity index (χ2n) is 3.51. The van der Waals surface area contributed by atoms with Crippen LogP contribution in [0.3, 0.4) is 0 Å². The molecule has 0 aliphatic rings. The maximum absolute atomic E-state index is 12.7. The van der Waals surface area contributed by atoms with E-state index in [4.69, 9.17) is 15.6 Å². The van der Waals surface area contributed by atoms with Gasteiger partial charge in [-0.2, -0.15) is 0 Å². The van der Waals surface area contributed by atoms with Crippen LogP contribution in [-0.4, -0.2) is 18.2 Å². The Balaban J connectivity index is 3.03. The third-order valence-corrected chi connectivity index (χ3v) is 2.31. The number of ether oxygens (including phenoxy) is 1. The molecule has 0 heterocycles. The van der Waals surface area contributed by atoms with Crippen LogP contribution in [0, 0.1) is 0 Å². The van der Waals surface area contributed by atoms with Gasteiger partial charge in [0.15, 0.2) is 0 Å². The number of halogens is 2. The van der Waals surface area contributed by atoms with Gasteiger partial charge in [0.25, 0.3) is 6.43 Å². The number of hydrogen-bond donors (Lipinski definition) is 2. The number of carboxylic acids is 1. The zero-order chi connectivity index (χ0) is 13.0. The van der Waals surface area contributed by atoms with Gasteiger partial charge < -0.3 is 15.6 Å². The predicted octanol–water partition coefficient (Wildman–Crippen LogP) is 2.11. The molecule has 0 aromatic heterocycles. The SMILES string of the molecule is COc1ccc(C(N)CC(=O)O)cc1C(F)F. The molecule has 0 spiro atoms. The van der Waals surface area contributed by atoms with Gasteiger partial charge in [0.1, 0.15) is 5.75 Å². The van der Waals surface area contributed by atoms with Crippen LogP contribution in [0.1, 0.15) is 30.0 Å². The Morgan fingerprint density at radius 1 is 1.53 bits per heavy atom. The van der Waals surface area contributed by atoms with Crippen molar-refractivity contribution < 1.29 is 23.4 Å². The van der Waals surface area contributed by atoms with Crippen molar-refractivity contribution in [1.29, 1.82) is 0 Å². The number of nitrogens with two attached hydrogens (primary N) is 1. The maximum atomic E-state index is 12.7. The molecule has 0 radical (unpaired) electrons. The molecule has 17 heavy (non-hydrogen) atoms. The maximum Gasteiger partial charge on any atom is 0.305 e. The molecule has 0 amide bonds. The van der Waals surface area contributed by atoms with E-state index in [9.17, 15) is 13.6 Å². The molecule has 0 saturated carbocycles. The van der Waals surface area contributed by atoms with E-state index in [1.807, 2.05) is 0 Å². The first-order valence-corrected chi connectivity index (χ1v) is 4.89. The minimum Gasteiger partial charge on any atom is -0.496 e. The fourth-order valence-electron chi connectivity index (χ4n) is 1.46. The van der Waals surface area contributed by atoms with Crippen LogP contribution in [0.25, 0.3) is 0 Å². The van der Waals surface area contributed by atoms with Crippen LogP contribution in [0.15, 0.2) is 18.2 Å². The van der Waals surface area contributed by atoms with E-state index in [1.54, 1.807) is 0 Å². The Labute approximate surface area is 97.0 Å². The van der Waals surface area contributed by atoms with Crippen LogP contribution in [-0.2, 0) is 4.79 Å². The summed E-state index contributed by atoms with van der Waals surface area (Å²) in [6.45, 7) is 0. The van der Waals surface area contributed by atoms with Crippen LogP contribution in [0.4, 0.5) is 8.78 Å². The molecule has 0 bridgehead atoms. The molecule has 1 atom stereocenters. The first-order chi connectivity index (χ1) is 7.95. The molecule has 0 fully saturated rings. The summed E-state index contributed by atoms with van der Waals surface area (Å²) in [7, 11) is 1.29. The van der Waals surface area contributed by atoms with Crippen molar-refractivity contribution in [1.82, 2.24) is 0 Å². The summed E-state index contributed by atoms with van der Waals surface area (Å²) >= 11 is 0. The van der Waals surface area contributed by atoms with Crippen molar-refractivity contribution in [3.63, 3.8) is 0 Å². The molecule has 1 aromatic rings.